The fraction of sp³-hybridized carbons (Fsp3) is 0.417. The van der Waals surface area contributed by atoms with Crippen LogP contribution in [-0.2, 0) is 11.2 Å². The summed E-state index contributed by atoms with van der Waals surface area (Å²) in [5.41, 5.74) is 3.01. The summed E-state index contributed by atoms with van der Waals surface area (Å²) in [4.78, 5) is 11.4. The van der Waals surface area contributed by atoms with Crippen LogP contribution in [0.2, 0.25) is 0 Å². The lowest BCUT2D eigenvalue weighted by atomic mass is 10.1. The highest BCUT2D eigenvalue weighted by Crippen LogP contribution is 2.27. The second-order valence-electron chi connectivity index (χ2n) is 3.99. The normalized spacial score (nSPS) is 20.4. The number of hydroxylamine groups is 1. The van der Waals surface area contributed by atoms with Crippen molar-refractivity contribution in [2.75, 3.05) is 12.3 Å². The number of hydrogen-bond acceptors (Lipinski definition) is 4. The van der Waals surface area contributed by atoms with E-state index in [0.717, 1.165) is 25.1 Å². The van der Waals surface area contributed by atoms with E-state index < -0.39 is 0 Å². The van der Waals surface area contributed by atoms with Crippen molar-refractivity contribution in [2.24, 2.45) is 0 Å². The Morgan fingerprint density at radius 1 is 1.47 bits per heavy atom. The molecule has 1 aliphatic rings. The van der Waals surface area contributed by atoms with Crippen LogP contribution in [0, 0.1) is 0 Å². The van der Waals surface area contributed by atoms with Gasteiger partial charge in [-0.1, -0.05) is 42.3 Å². The molecular formula is C12H16N2O2S. The highest BCUT2D eigenvalue weighted by molar-refractivity contribution is 7.97. The molecule has 1 aromatic rings. The van der Waals surface area contributed by atoms with Crippen molar-refractivity contribution in [3.05, 3.63) is 35.9 Å². The van der Waals surface area contributed by atoms with Crippen LogP contribution in [0.4, 0.5) is 0 Å². The van der Waals surface area contributed by atoms with Crippen molar-refractivity contribution < 1.29 is 10.0 Å². The Labute approximate surface area is 105 Å². The van der Waals surface area contributed by atoms with Crippen LogP contribution in [0.1, 0.15) is 12.0 Å². The molecule has 0 saturated carbocycles. The van der Waals surface area contributed by atoms with E-state index in [1.165, 1.54) is 5.56 Å². The standard InChI is InChI=1S/C12H16N2O2S/c15-12(13-16)11-7-9-17-14(11)8-6-10-4-2-1-3-5-10/h1-5,11,16H,6-9H2,(H,13,15)/t11-/m1/s1. The van der Waals surface area contributed by atoms with Gasteiger partial charge < -0.3 is 0 Å². The van der Waals surface area contributed by atoms with Gasteiger partial charge in [-0.15, -0.1) is 0 Å². The predicted molar refractivity (Wildman–Crippen MR) is 67.6 cm³/mol. The first kappa shape index (κ1) is 12.4. The van der Waals surface area contributed by atoms with Crippen LogP contribution in [-0.4, -0.2) is 33.8 Å². The van der Waals surface area contributed by atoms with E-state index >= 15 is 0 Å². The Hall–Kier alpha value is -1.04. The molecule has 17 heavy (non-hydrogen) atoms. The molecule has 0 radical (unpaired) electrons. The zero-order valence-electron chi connectivity index (χ0n) is 9.50. The summed E-state index contributed by atoms with van der Waals surface area (Å²) in [5.74, 6) is 0.635. The SMILES string of the molecule is O=C(NO)[C@H]1CCSN1CCc1ccccc1. The van der Waals surface area contributed by atoms with E-state index in [2.05, 4.69) is 16.4 Å². The number of amides is 1. The highest BCUT2D eigenvalue weighted by Gasteiger charge is 2.30. The fourth-order valence-corrected chi connectivity index (χ4v) is 3.12. The summed E-state index contributed by atoms with van der Waals surface area (Å²) in [6, 6.07) is 10.0. The van der Waals surface area contributed by atoms with E-state index in [1.807, 2.05) is 18.2 Å². The summed E-state index contributed by atoms with van der Waals surface area (Å²) in [5, 5.41) is 8.66. The Morgan fingerprint density at radius 2 is 2.24 bits per heavy atom. The molecule has 1 aromatic carbocycles. The van der Waals surface area contributed by atoms with Crippen LogP contribution in [0.15, 0.2) is 30.3 Å². The van der Waals surface area contributed by atoms with Gasteiger partial charge >= 0.3 is 0 Å². The topological polar surface area (TPSA) is 52.6 Å². The highest BCUT2D eigenvalue weighted by atomic mass is 32.2. The van der Waals surface area contributed by atoms with Crippen molar-refractivity contribution >= 4 is 17.9 Å². The maximum Gasteiger partial charge on any atom is 0.261 e. The van der Waals surface area contributed by atoms with E-state index in [0.29, 0.717) is 0 Å². The van der Waals surface area contributed by atoms with Gasteiger partial charge in [-0.25, -0.2) is 9.79 Å². The lowest BCUT2D eigenvalue weighted by Gasteiger charge is -2.20. The van der Waals surface area contributed by atoms with Crippen molar-refractivity contribution in [3.63, 3.8) is 0 Å². The van der Waals surface area contributed by atoms with Crippen molar-refractivity contribution in [1.29, 1.82) is 0 Å². The second-order valence-corrected chi connectivity index (χ2v) is 5.13. The molecule has 92 valence electrons. The predicted octanol–water partition coefficient (Wildman–Crippen LogP) is 1.46. The number of nitrogens with zero attached hydrogens (tertiary/aromatic N) is 1. The van der Waals surface area contributed by atoms with E-state index in [9.17, 15) is 4.79 Å². The van der Waals surface area contributed by atoms with Crippen LogP contribution in [0.5, 0.6) is 0 Å². The molecule has 2 N–H and O–H groups in total. The lowest BCUT2D eigenvalue weighted by molar-refractivity contribution is -0.132. The number of nitrogens with one attached hydrogen (secondary N) is 1. The largest absolute Gasteiger partial charge is 0.289 e. The molecule has 0 aromatic heterocycles. The number of carbonyl (C=O) groups excluding carboxylic acids is 1. The minimum absolute atomic E-state index is 0.200. The molecule has 0 bridgehead atoms. The lowest BCUT2D eigenvalue weighted by Crippen LogP contribution is -2.40. The minimum atomic E-state index is -0.303. The zero-order valence-corrected chi connectivity index (χ0v) is 10.3. The van der Waals surface area contributed by atoms with Gasteiger partial charge in [0, 0.05) is 12.3 Å². The summed E-state index contributed by atoms with van der Waals surface area (Å²) >= 11 is 1.67. The summed E-state index contributed by atoms with van der Waals surface area (Å²) in [7, 11) is 0. The van der Waals surface area contributed by atoms with Crippen LogP contribution in [0.25, 0.3) is 0 Å². The first-order valence-electron chi connectivity index (χ1n) is 5.68. The number of carbonyl (C=O) groups is 1. The molecule has 0 spiro atoms. The molecule has 1 fully saturated rings. The van der Waals surface area contributed by atoms with Crippen molar-refractivity contribution in [3.8, 4) is 0 Å². The second kappa shape index (κ2) is 6.05. The maximum atomic E-state index is 11.4. The molecule has 5 heteroatoms. The molecule has 1 saturated heterocycles. The van der Waals surface area contributed by atoms with E-state index in [4.69, 9.17) is 5.21 Å². The monoisotopic (exact) mass is 252 g/mol. The molecule has 0 aliphatic carbocycles. The molecule has 1 aliphatic heterocycles. The minimum Gasteiger partial charge on any atom is -0.289 e. The third-order valence-corrected chi connectivity index (χ3v) is 4.06. The third-order valence-electron chi connectivity index (χ3n) is 2.87. The van der Waals surface area contributed by atoms with Gasteiger partial charge in [0.25, 0.3) is 5.91 Å². The molecular weight excluding hydrogens is 236 g/mol. The fourth-order valence-electron chi connectivity index (χ4n) is 1.96. The Kier molecular flexibility index (Phi) is 4.42. The number of rotatable bonds is 4. The van der Waals surface area contributed by atoms with Crippen LogP contribution in [0.3, 0.4) is 0 Å². The quantitative estimate of drug-likeness (QED) is 0.484. The average molecular weight is 252 g/mol. The molecule has 4 nitrogen and oxygen atoms in total. The van der Waals surface area contributed by atoms with Gasteiger partial charge in [-0.05, 0) is 18.4 Å². The Morgan fingerprint density at radius 3 is 2.94 bits per heavy atom. The van der Waals surface area contributed by atoms with Crippen LogP contribution >= 0.6 is 11.9 Å². The molecule has 1 heterocycles. The van der Waals surface area contributed by atoms with Gasteiger partial charge in [0.2, 0.25) is 0 Å². The van der Waals surface area contributed by atoms with Gasteiger partial charge in [-0.2, -0.15) is 0 Å². The zero-order chi connectivity index (χ0) is 12.1. The van der Waals surface area contributed by atoms with Crippen molar-refractivity contribution in [2.45, 2.75) is 18.9 Å². The Bertz CT molecular complexity index is 372. The molecule has 0 unspecified atom stereocenters. The van der Waals surface area contributed by atoms with Crippen LogP contribution < -0.4 is 5.48 Å². The first-order chi connectivity index (χ1) is 8.31. The summed E-state index contributed by atoms with van der Waals surface area (Å²) in [6.07, 6.45) is 1.72. The van der Waals surface area contributed by atoms with E-state index in [-0.39, 0.29) is 11.9 Å². The third kappa shape index (κ3) is 3.21. The summed E-state index contributed by atoms with van der Waals surface area (Å²) in [6.45, 7) is 0.826. The smallest absolute Gasteiger partial charge is 0.261 e. The van der Waals surface area contributed by atoms with Gasteiger partial charge in [-0.3, -0.25) is 10.0 Å². The summed E-state index contributed by atoms with van der Waals surface area (Å²) < 4.78 is 2.05. The number of hydrogen-bond donors (Lipinski definition) is 2. The molecule has 1 atom stereocenters. The molecule has 1 amide bonds. The van der Waals surface area contributed by atoms with Crippen molar-refractivity contribution in [1.82, 2.24) is 9.79 Å². The Balaban J connectivity index is 1.88. The van der Waals surface area contributed by atoms with Gasteiger partial charge in [0.1, 0.15) is 6.04 Å². The first-order valence-corrected chi connectivity index (χ1v) is 6.63. The average Bonchev–Trinajstić information content (AvgIpc) is 2.85. The molecule has 2 rings (SSSR count). The van der Waals surface area contributed by atoms with Gasteiger partial charge in [0.15, 0.2) is 0 Å². The van der Waals surface area contributed by atoms with E-state index in [1.54, 1.807) is 17.4 Å². The van der Waals surface area contributed by atoms with Gasteiger partial charge in [0.05, 0.1) is 0 Å². The number of benzene rings is 1. The maximum absolute atomic E-state index is 11.4.